The molecule has 1 N–H and O–H groups in total. The van der Waals surface area contributed by atoms with E-state index in [2.05, 4.69) is 16.4 Å². The van der Waals surface area contributed by atoms with Gasteiger partial charge in [0.2, 0.25) is 0 Å². The number of hydrogen-bond donors (Lipinski definition) is 1. The third kappa shape index (κ3) is 3.18. The molecule has 2 nitrogen and oxygen atoms in total. The number of aromatic nitrogens is 1. The Hall–Kier alpha value is -0.250. The Balaban J connectivity index is 0.000000845. The highest BCUT2D eigenvalue weighted by molar-refractivity contribution is 7.99. The van der Waals surface area contributed by atoms with Crippen molar-refractivity contribution in [2.75, 3.05) is 18.8 Å². The lowest BCUT2D eigenvalue weighted by atomic mass is 10.1. The summed E-state index contributed by atoms with van der Waals surface area (Å²) in [5.74, 6) is 2.06. The van der Waals surface area contributed by atoms with E-state index in [0.29, 0.717) is 0 Å². The summed E-state index contributed by atoms with van der Waals surface area (Å²) in [7, 11) is 0. The Morgan fingerprint density at radius 1 is 1.46 bits per heavy atom. The molecule has 0 atom stereocenters. The summed E-state index contributed by atoms with van der Waals surface area (Å²) < 4.78 is 0. The number of halogens is 1. The van der Waals surface area contributed by atoms with Gasteiger partial charge in [-0.25, -0.2) is 4.98 Å². The van der Waals surface area contributed by atoms with Crippen LogP contribution >= 0.6 is 24.2 Å². The van der Waals surface area contributed by atoms with Crippen LogP contribution in [0.4, 0.5) is 0 Å². The Labute approximate surface area is 88.9 Å². The standard InChI is InChI=1S/C9H12N2S.ClH/c1-2-4-11-9(3-1)12-7-8-5-10-6-8;/h1-4,8,10H,5-7H2;1H. The van der Waals surface area contributed by atoms with Crippen molar-refractivity contribution in [2.45, 2.75) is 5.03 Å². The molecule has 1 saturated heterocycles. The molecule has 0 aliphatic carbocycles. The average molecular weight is 217 g/mol. The van der Waals surface area contributed by atoms with Gasteiger partial charge in [-0.1, -0.05) is 6.07 Å². The summed E-state index contributed by atoms with van der Waals surface area (Å²) in [6.45, 7) is 2.36. The van der Waals surface area contributed by atoms with Gasteiger partial charge in [-0.15, -0.1) is 24.2 Å². The second-order valence-corrected chi connectivity index (χ2v) is 4.04. The molecule has 0 radical (unpaired) electrons. The number of thioether (sulfide) groups is 1. The summed E-state index contributed by atoms with van der Waals surface area (Å²) in [4.78, 5) is 4.25. The highest BCUT2D eigenvalue weighted by Gasteiger charge is 2.16. The Morgan fingerprint density at radius 2 is 2.31 bits per heavy atom. The van der Waals surface area contributed by atoms with Crippen molar-refractivity contribution in [1.82, 2.24) is 10.3 Å². The van der Waals surface area contributed by atoms with Crippen LogP contribution in [0.1, 0.15) is 0 Å². The summed E-state index contributed by atoms with van der Waals surface area (Å²) in [6.07, 6.45) is 1.85. The summed E-state index contributed by atoms with van der Waals surface area (Å²) in [5, 5.41) is 4.41. The smallest absolute Gasteiger partial charge is 0.0959 e. The number of rotatable bonds is 3. The molecule has 0 bridgehead atoms. The molecule has 0 spiro atoms. The fourth-order valence-electron chi connectivity index (χ4n) is 1.10. The van der Waals surface area contributed by atoms with Gasteiger partial charge >= 0.3 is 0 Å². The minimum atomic E-state index is 0. The van der Waals surface area contributed by atoms with Crippen LogP contribution in [0.3, 0.4) is 0 Å². The Morgan fingerprint density at radius 3 is 2.85 bits per heavy atom. The maximum atomic E-state index is 4.25. The van der Waals surface area contributed by atoms with Gasteiger partial charge in [0.05, 0.1) is 5.03 Å². The molecule has 1 aromatic heterocycles. The van der Waals surface area contributed by atoms with Gasteiger partial charge in [0.25, 0.3) is 0 Å². The largest absolute Gasteiger partial charge is 0.316 e. The SMILES string of the molecule is Cl.c1ccc(SCC2CNC2)nc1. The predicted octanol–water partition coefficient (Wildman–Crippen LogP) is 1.81. The van der Waals surface area contributed by atoms with Crippen LogP contribution < -0.4 is 5.32 Å². The molecule has 2 heterocycles. The lowest BCUT2D eigenvalue weighted by Crippen LogP contribution is -2.43. The molecule has 0 saturated carbocycles. The van der Waals surface area contributed by atoms with Crippen LogP contribution in [-0.2, 0) is 0 Å². The summed E-state index contributed by atoms with van der Waals surface area (Å²) >= 11 is 1.85. The molecular formula is C9H13ClN2S. The molecule has 1 fully saturated rings. The Kier molecular flexibility index (Phi) is 4.56. The first-order valence-electron chi connectivity index (χ1n) is 4.20. The lowest BCUT2D eigenvalue weighted by Gasteiger charge is -2.26. The van der Waals surface area contributed by atoms with Crippen molar-refractivity contribution in [3.63, 3.8) is 0 Å². The monoisotopic (exact) mass is 216 g/mol. The van der Waals surface area contributed by atoms with Crippen molar-refractivity contribution in [1.29, 1.82) is 0 Å². The van der Waals surface area contributed by atoms with Gasteiger partial charge in [0.15, 0.2) is 0 Å². The summed E-state index contributed by atoms with van der Waals surface area (Å²) in [5.41, 5.74) is 0. The quantitative estimate of drug-likeness (QED) is 0.781. The molecule has 72 valence electrons. The van der Waals surface area contributed by atoms with E-state index in [1.165, 1.54) is 18.8 Å². The van der Waals surface area contributed by atoms with Crippen LogP contribution in [0, 0.1) is 5.92 Å². The number of pyridine rings is 1. The van der Waals surface area contributed by atoms with E-state index < -0.39 is 0 Å². The van der Waals surface area contributed by atoms with E-state index in [9.17, 15) is 0 Å². The predicted molar refractivity (Wildman–Crippen MR) is 58.6 cm³/mol. The first-order chi connectivity index (χ1) is 5.95. The molecule has 2 rings (SSSR count). The zero-order valence-electron chi connectivity index (χ0n) is 7.27. The molecule has 1 aliphatic heterocycles. The minimum absolute atomic E-state index is 0. The second-order valence-electron chi connectivity index (χ2n) is 3.00. The molecule has 0 amide bonds. The van der Waals surface area contributed by atoms with Crippen LogP contribution in [0.2, 0.25) is 0 Å². The van der Waals surface area contributed by atoms with Crippen molar-refractivity contribution in [3.8, 4) is 0 Å². The van der Waals surface area contributed by atoms with Crippen molar-refractivity contribution < 1.29 is 0 Å². The van der Waals surface area contributed by atoms with Crippen LogP contribution in [0.5, 0.6) is 0 Å². The van der Waals surface area contributed by atoms with Crippen LogP contribution in [0.15, 0.2) is 29.4 Å². The number of nitrogens with zero attached hydrogens (tertiary/aromatic N) is 1. The molecule has 13 heavy (non-hydrogen) atoms. The average Bonchev–Trinajstić information content (AvgIpc) is 2.04. The Bertz CT molecular complexity index is 239. The van der Waals surface area contributed by atoms with E-state index in [1.54, 1.807) is 0 Å². The van der Waals surface area contributed by atoms with E-state index >= 15 is 0 Å². The fourth-order valence-corrected chi connectivity index (χ4v) is 2.05. The van der Waals surface area contributed by atoms with E-state index in [-0.39, 0.29) is 12.4 Å². The highest BCUT2D eigenvalue weighted by atomic mass is 35.5. The maximum Gasteiger partial charge on any atom is 0.0959 e. The van der Waals surface area contributed by atoms with Gasteiger partial charge in [-0.2, -0.15) is 0 Å². The molecule has 4 heteroatoms. The van der Waals surface area contributed by atoms with Crippen LogP contribution in [-0.4, -0.2) is 23.8 Å². The fraction of sp³-hybridized carbons (Fsp3) is 0.444. The number of hydrogen-bond acceptors (Lipinski definition) is 3. The highest BCUT2D eigenvalue weighted by Crippen LogP contribution is 2.19. The van der Waals surface area contributed by atoms with Crippen molar-refractivity contribution >= 4 is 24.2 Å². The van der Waals surface area contributed by atoms with E-state index in [4.69, 9.17) is 0 Å². The lowest BCUT2D eigenvalue weighted by molar-refractivity contribution is 0.385. The zero-order chi connectivity index (χ0) is 8.23. The first-order valence-corrected chi connectivity index (χ1v) is 5.18. The first kappa shape index (κ1) is 10.8. The van der Waals surface area contributed by atoms with E-state index in [0.717, 1.165) is 10.9 Å². The molecule has 0 unspecified atom stereocenters. The minimum Gasteiger partial charge on any atom is -0.316 e. The van der Waals surface area contributed by atoms with E-state index in [1.807, 2.05) is 30.1 Å². The normalized spacial score (nSPS) is 16.0. The number of nitrogens with one attached hydrogen (secondary N) is 1. The maximum absolute atomic E-state index is 4.25. The molecule has 1 aromatic rings. The van der Waals surface area contributed by atoms with Gasteiger partial charge in [-0.3, -0.25) is 0 Å². The van der Waals surface area contributed by atoms with Crippen molar-refractivity contribution in [3.05, 3.63) is 24.4 Å². The third-order valence-electron chi connectivity index (χ3n) is 1.97. The molecule has 1 aliphatic rings. The zero-order valence-corrected chi connectivity index (χ0v) is 8.90. The van der Waals surface area contributed by atoms with Gasteiger partial charge in [-0.05, 0) is 31.1 Å². The molecule has 0 aromatic carbocycles. The third-order valence-corrected chi connectivity index (χ3v) is 3.15. The van der Waals surface area contributed by atoms with Gasteiger partial charge in [0, 0.05) is 11.9 Å². The van der Waals surface area contributed by atoms with Gasteiger partial charge < -0.3 is 5.32 Å². The van der Waals surface area contributed by atoms with Crippen molar-refractivity contribution in [2.24, 2.45) is 5.92 Å². The molecular weight excluding hydrogens is 204 g/mol. The van der Waals surface area contributed by atoms with Crippen LogP contribution in [0.25, 0.3) is 0 Å². The topological polar surface area (TPSA) is 24.9 Å². The second kappa shape index (κ2) is 5.47. The summed E-state index contributed by atoms with van der Waals surface area (Å²) in [6, 6.07) is 6.06. The van der Waals surface area contributed by atoms with Gasteiger partial charge in [0.1, 0.15) is 0 Å².